The fraction of sp³-hybridized carbons (Fsp3) is 0.125. The maximum absolute atomic E-state index is 13.1. The molecule has 1 N–H and O–H groups in total. The number of anilines is 1. The van der Waals surface area contributed by atoms with Crippen LogP contribution >= 0.6 is 11.6 Å². The number of hydrogen-bond donors (Lipinski definition) is 1. The molecule has 0 radical (unpaired) electrons. The molecule has 0 aliphatic carbocycles. The fourth-order valence-electron chi connectivity index (χ4n) is 3.45. The van der Waals surface area contributed by atoms with Gasteiger partial charge in [-0.15, -0.1) is 0 Å². The van der Waals surface area contributed by atoms with Crippen molar-refractivity contribution in [2.24, 2.45) is 0 Å². The number of carbonyl (C=O) groups is 2. The van der Waals surface area contributed by atoms with Gasteiger partial charge in [-0.2, -0.15) is 5.10 Å². The predicted molar refractivity (Wildman–Crippen MR) is 121 cm³/mol. The van der Waals surface area contributed by atoms with Gasteiger partial charge in [-0.05, 0) is 37.3 Å². The Morgan fingerprint density at radius 3 is 2.48 bits per heavy atom. The largest absolute Gasteiger partial charge is 0.465 e. The second-order valence-electron chi connectivity index (χ2n) is 7.02. The lowest BCUT2D eigenvalue weighted by molar-refractivity contribution is -0.118. The third-order valence-electron chi connectivity index (χ3n) is 5.05. The Bertz CT molecular complexity index is 1270. The number of aromatic nitrogens is 2. The van der Waals surface area contributed by atoms with E-state index >= 15 is 0 Å². The monoisotopic (exact) mass is 433 g/mol. The van der Waals surface area contributed by atoms with Crippen LogP contribution in [0, 0.1) is 0 Å². The van der Waals surface area contributed by atoms with Gasteiger partial charge < -0.3 is 10.1 Å². The molecule has 3 aromatic carbocycles. The van der Waals surface area contributed by atoms with E-state index in [4.69, 9.17) is 21.4 Å². The quantitative estimate of drug-likeness (QED) is 0.431. The van der Waals surface area contributed by atoms with Crippen LogP contribution in [0.3, 0.4) is 0 Å². The van der Waals surface area contributed by atoms with Crippen molar-refractivity contribution in [3.63, 3.8) is 0 Å². The molecular weight excluding hydrogens is 414 g/mol. The van der Waals surface area contributed by atoms with Crippen LogP contribution in [0.1, 0.15) is 23.3 Å². The van der Waals surface area contributed by atoms with E-state index in [0.717, 1.165) is 22.2 Å². The SMILES string of the molecule is COC(=O)c1ccccc1NC(=O)[C@@H](C)n1nc(-c2ccccc2)c2cc(Cl)ccc21. The van der Waals surface area contributed by atoms with Crippen molar-refractivity contribution in [1.82, 2.24) is 9.78 Å². The number of halogens is 1. The van der Waals surface area contributed by atoms with E-state index in [2.05, 4.69) is 5.32 Å². The summed E-state index contributed by atoms with van der Waals surface area (Å²) in [6.07, 6.45) is 0. The zero-order chi connectivity index (χ0) is 22.0. The molecule has 7 heteroatoms. The summed E-state index contributed by atoms with van der Waals surface area (Å²) in [7, 11) is 1.30. The maximum Gasteiger partial charge on any atom is 0.339 e. The molecule has 0 unspecified atom stereocenters. The van der Waals surface area contributed by atoms with E-state index in [1.165, 1.54) is 7.11 Å². The van der Waals surface area contributed by atoms with E-state index in [1.54, 1.807) is 41.9 Å². The second kappa shape index (κ2) is 8.62. The summed E-state index contributed by atoms with van der Waals surface area (Å²) in [5, 5.41) is 9.01. The Morgan fingerprint density at radius 2 is 1.74 bits per heavy atom. The average Bonchev–Trinajstić information content (AvgIpc) is 3.17. The molecule has 0 aliphatic rings. The van der Waals surface area contributed by atoms with Crippen molar-refractivity contribution in [3.05, 3.63) is 83.4 Å². The Labute approximate surface area is 184 Å². The second-order valence-corrected chi connectivity index (χ2v) is 7.46. The van der Waals surface area contributed by atoms with E-state index in [-0.39, 0.29) is 11.5 Å². The van der Waals surface area contributed by atoms with E-state index in [0.29, 0.717) is 10.7 Å². The van der Waals surface area contributed by atoms with Gasteiger partial charge in [0, 0.05) is 16.0 Å². The van der Waals surface area contributed by atoms with Gasteiger partial charge in [0.25, 0.3) is 0 Å². The fourth-order valence-corrected chi connectivity index (χ4v) is 3.62. The number of amides is 1. The molecule has 0 saturated carbocycles. The van der Waals surface area contributed by atoms with Crippen molar-refractivity contribution in [2.45, 2.75) is 13.0 Å². The van der Waals surface area contributed by atoms with E-state index < -0.39 is 12.0 Å². The summed E-state index contributed by atoms with van der Waals surface area (Å²) in [5.41, 5.74) is 3.12. The molecule has 31 heavy (non-hydrogen) atoms. The van der Waals surface area contributed by atoms with Gasteiger partial charge in [0.05, 0.1) is 23.9 Å². The van der Waals surface area contributed by atoms with Crippen LogP contribution in [0.5, 0.6) is 0 Å². The minimum atomic E-state index is -0.646. The van der Waals surface area contributed by atoms with Gasteiger partial charge in [0.15, 0.2) is 0 Å². The number of para-hydroxylation sites is 1. The van der Waals surface area contributed by atoms with E-state index in [9.17, 15) is 9.59 Å². The highest BCUT2D eigenvalue weighted by Gasteiger charge is 2.23. The zero-order valence-corrected chi connectivity index (χ0v) is 17.8. The third kappa shape index (κ3) is 4.02. The minimum Gasteiger partial charge on any atom is -0.465 e. The Kier molecular flexibility index (Phi) is 5.73. The van der Waals surface area contributed by atoms with Gasteiger partial charge in [-0.3, -0.25) is 9.48 Å². The first kappa shape index (κ1) is 20.6. The number of nitrogens with one attached hydrogen (secondary N) is 1. The Hall–Kier alpha value is -3.64. The minimum absolute atomic E-state index is 0.285. The first-order valence-electron chi connectivity index (χ1n) is 9.71. The summed E-state index contributed by atoms with van der Waals surface area (Å²) < 4.78 is 6.48. The van der Waals surface area contributed by atoms with Crippen LogP contribution < -0.4 is 5.32 Å². The van der Waals surface area contributed by atoms with Crippen LogP contribution in [-0.2, 0) is 9.53 Å². The molecule has 0 bridgehead atoms. The van der Waals surface area contributed by atoms with Crippen molar-refractivity contribution >= 4 is 40.1 Å². The van der Waals surface area contributed by atoms with Crippen molar-refractivity contribution in [2.75, 3.05) is 12.4 Å². The number of benzene rings is 3. The summed E-state index contributed by atoms with van der Waals surface area (Å²) in [5.74, 6) is -0.829. The first-order chi connectivity index (χ1) is 15.0. The predicted octanol–water partition coefficient (Wildman–Crippen LogP) is 5.34. The molecule has 6 nitrogen and oxygen atoms in total. The highest BCUT2D eigenvalue weighted by Crippen LogP contribution is 2.32. The smallest absolute Gasteiger partial charge is 0.339 e. The summed E-state index contributed by atoms with van der Waals surface area (Å²) >= 11 is 6.24. The molecular formula is C24H20ClN3O3. The molecule has 0 spiro atoms. The van der Waals surface area contributed by atoms with Gasteiger partial charge in [0.1, 0.15) is 11.7 Å². The number of methoxy groups -OCH3 is 1. The molecule has 4 rings (SSSR count). The molecule has 156 valence electrons. The molecule has 1 amide bonds. The maximum atomic E-state index is 13.1. The molecule has 0 aliphatic heterocycles. The van der Waals surface area contributed by atoms with Gasteiger partial charge in [0.2, 0.25) is 5.91 Å². The Balaban J connectivity index is 1.73. The number of ether oxygens (including phenoxy) is 1. The lowest BCUT2D eigenvalue weighted by Crippen LogP contribution is -2.25. The van der Waals surface area contributed by atoms with Crippen molar-refractivity contribution in [3.8, 4) is 11.3 Å². The third-order valence-corrected chi connectivity index (χ3v) is 5.29. The molecule has 0 saturated heterocycles. The normalized spacial score (nSPS) is 11.8. The number of fused-ring (bicyclic) bond motifs is 1. The van der Waals surface area contributed by atoms with Crippen LogP contribution in [-0.4, -0.2) is 28.8 Å². The van der Waals surface area contributed by atoms with Crippen LogP contribution in [0.4, 0.5) is 5.69 Å². The van der Waals surface area contributed by atoms with E-state index in [1.807, 2.05) is 42.5 Å². The van der Waals surface area contributed by atoms with Gasteiger partial charge in [-0.1, -0.05) is 54.1 Å². The van der Waals surface area contributed by atoms with Gasteiger partial charge in [-0.25, -0.2) is 4.79 Å². The summed E-state index contributed by atoms with van der Waals surface area (Å²) in [4.78, 5) is 25.1. The molecule has 1 atom stereocenters. The van der Waals surface area contributed by atoms with Crippen LogP contribution in [0.15, 0.2) is 72.8 Å². The average molecular weight is 434 g/mol. The number of esters is 1. The van der Waals surface area contributed by atoms with Crippen LogP contribution in [0.25, 0.3) is 22.2 Å². The molecule has 1 heterocycles. The number of nitrogens with zero attached hydrogens (tertiary/aromatic N) is 2. The summed E-state index contributed by atoms with van der Waals surface area (Å²) in [6.45, 7) is 1.76. The standard InChI is InChI=1S/C24H20ClN3O3/c1-15(23(29)26-20-11-7-6-10-18(20)24(30)31-2)28-21-13-12-17(25)14-19(21)22(27-28)16-8-4-3-5-9-16/h3-15H,1-2H3,(H,26,29)/t15-/m1/s1. The number of rotatable bonds is 5. The summed E-state index contributed by atoms with van der Waals surface area (Å²) in [6, 6.07) is 21.3. The lowest BCUT2D eigenvalue weighted by Gasteiger charge is -2.15. The zero-order valence-electron chi connectivity index (χ0n) is 17.0. The topological polar surface area (TPSA) is 73.2 Å². The highest BCUT2D eigenvalue weighted by molar-refractivity contribution is 6.31. The van der Waals surface area contributed by atoms with Gasteiger partial charge >= 0.3 is 5.97 Å². The first-order valence-corrected chi connectivity index (χ1v) is 10.1. The molecule has 4 aromatic rings. The molecule has 0 fully saturated rings. The number of hydrogen-bond acceptors (Lipinski definition) is 4. The number of carbonyl (C=O) groups excluding carboxylic acids is 2. The Morgan fingerprint density at radius 1 is 1.03 bits per heavy atom. The molecule has 1 aromatic heterocycles. The van der Waals surface area contributed by atoms with Crippen LogP contribution in [0.2, 0.25) is 5.02 Å². The lowest BCUT2D eigenvalue weighted by atomic mass is 10.1. The van der Waals surface area contributed by atoms with Crippen molar-refractivity contribution < 1.29 is 14.3 Å². The highest BCUT2D eigenvalue weighted by atomic mass is 35.5. The van der Waals surface area contributed by atoms with Crippen molar-refractivity contribution in [1.29, 1.82) is 0 Å².